The fraction of sp³-hybridized carbons (Fsp3) is 0.133. The first-order valence-electron chi connectivity index (χ1n) is 6.29. The highest BCUT2D eigenvalue weighted by molar-refractivity contribution is 6.31. The maximum atomic E-state index is 6.04. The lowest BCUT2D eigenvalue weighted by Gasteiger charge is -2.07. The van der Waals surface area contributed by atoms with E-state index in [-0.39, 0.29) is 0 Å². The molecule has 0 aliphatic carbocycles. The summed E-state index contributed by atoms with van der Waals surface area (Å²) < 4.78 is 1.98. The second kappa shape index (κ2) is 5.35. The second-order valence-corrected chi connectivity index (χ2v) is 5.50. The maximum Gasteiger partial charge on any atom is 0.201 e. The Morgan fingerprint density at radius 1 is 1.00 bits per heavy atom. The van der Waals surface area contributed by atoms with Gasteiger partial charge in [0, 0.05) is 16.6 Å². The number of hydrogen-bond donors (Lipinski definition) is 1. The van der Waals surface area contributed by atoms with Crippen LogP contribution in [-0.4, -0.2) is 9.55 Å². The third-order valence-corrected chi connectivity index (χ3v) is 3.76. The van der Waals surface area contributed by atoms with E-state index in [0.29, 0.717) is 11.0 Å². The molecule has 20 heavy (non-hydrogen) atoms. The van der Waals surface area contributed by atoms with E-state index in [2.05, 4.69) is 4.98 Å². The summed E-state index contributed by atoms with van der Waals surface area (Å²) in [6.07, 6.45) is 0.860. The SMILES string of the molecule is Nc1nc2ccc(Cl)cc2n1CCc1ccc(Cl)cc1. The molecule has 0 aliphatic heterocycles. The van der Waals surface area contributed by atoms with Crippen LogP contribution in [-0.2, 0) is 13.0 Å². The molecule has 102 valence electrons. The number of anilines is 1. The molecule has 2 N–H and O–H groups in total. The molecule has 0 spiro atoms. The van der Waals surface area contributed by atoms with Gasteiger partial charge in [-0.1, -0.05) is 35.3 Å². The summed E-state index contributed by atoms with van der Waals surface area (Å²) in [5, 5.41) is 1.43. The maximum absolute atomic E-state index is 6.04. The number of imidazole rings is 1. The van der Waals surface area contributed by atoms with Crippen LogP contribution < -0.4 is 5.73 Å². The highest BCUT2D eigenvalue weighted by Crippen LogP contribution is 2.22. The van der Waals surface area contributed by atoms with Crippen molar-refractivity contribution in [3.63, 3.8) is 0 Å². The van der Waals surface area contributed by atoms with E-state index >= 15 is 0 Å². The molecule has 0 saturated heterocycles. The molecule has 0 atom stereocenters. The van der Waals surface area contributed by atoms with Crippen LogP contribution in [0.5, 0.6) is 0 Å². The van der Waals surface area contributed by atoms with Crippen LogP contribution in [0.3, 0.4) is 0 Å². The Bertz CT molecular complexity index is 748. The summed E-state index contributed by atoms with van der Waals surface area (Å²) in [7, 11) is 0. The summed E-state index contributed by atoms with van der Waals surface area (Å²) >= 11 is 11.9. The van der Waals surface area contributed by atoms with Gasteiger partial charge in [-0.3, -0.25) is 0 Å². The Hall–Kier alpha value is -1.71. The van der Waals surface area contributed by atoms with Crippen molar-refractivity contribution in [2.75, 3.05) is 5.73 Å². The van der Waals surface area contributed by atoms with Crippen molar-refractivity contribution in [1.29, 1.82) is 0 Å². The van der Waals surface area contributed by atoms with Crippen LogP contribution in [0.1, 0.15) is 5.56 Å². The van der Waals surface area contributed by atoms with E-state index in [1.54, 1.807) is 0 Å². The average molecular weight is 306 g/mol. The number of nitrogens with zero attached hydrogens (tertiary/aromatic N) is 2. The number of nitrogen functional groups attached to an aromatic ring is 1. The standard InChI is InChI=1S/C15H13Cl2N3/c16-11-3-1-10(2-4-11)7-8-20-14-9-12(17)5-6-13(14)19-15(20)18/h1-6,9H,7-8H2,(H2,18,19). The van der Waals surface area contributed by atoms with E-state index in [4.69, 9.17) is 28.9 Å². The number of nitrogens with two attached hydrogens (primary N) is 1. The third-order valence-electron chi connectivity index (χ3n) is 3.28. The van der Waals surface area contributed by atoms with E-state index < -0.39 is 0 Å². The highest BCUT2D eigenvalue weighted by Gasteiger charge is 2.08. The topological polar surface area (TPSA) is 43.8 Å². The molecule has 1 aromatic heterocycles. The van der Waals surface area contributed by atoms with E-state index in [1.165, 1.54) is 5.56 Å². The fourth-order valence-electron chi connectivity index (χ4n) is 2.24. The minimum Gasteiger partial charge on any atom is -0.369 e. The van der Waals surface area contributed by atoms with Crippen molar-refractivity contribution in [2.45, 2.75) is 13.0 Å². The Morgan fingerprint density at radius 3 is 2.45 bits per heavy atom. The van der Waals surface area contributed by atoms with Crippen molar-refractivity contribution >= 4 is 40.2 Å². The van der Waals surface area contributed by atoms with Gasteiger partial charge in [-0.2, -0.15) is 0 Å². The van der Waals surface area contributed by atoms with Crippen LogP contribution >= 0.6 is 23.2 Å². The first kappa shape index (κ1) is 13.3. The summed E-state index contributed by atoms with van der Waals surface area (Å²) in [4.78, 5) is 4.34. The van der Waals surface area contributed by atoms with Crippen molar-refractivity contribution in [3.05, 3.63) is 58.1 Å². The molecule has 0 fully saturated rings. The van der Waals surface area contributed by atoms with Gasteiger partial charge in [0.2, 0.25) is 5.95 Å². The van der Waals surface area contributed by atoms with Gasteiger partial charge in [0.05, 0.1) is 11.0 Å². The van der Waals surface area contributed by atoms with Gasteiger partial charge in [0.15, 0.2) is 0 Å². The number of fused-ring (bicyclic) bond motifs is 1. The smallest absolute Gasteiger partial charge is 0.201 e. The zero-order valence-corrected chi connectivity index (χ0v) is 12.2. The van der Waals surface area contributed by atoms with E-state index in [9.17, 15) is 0 Å². The van der Waals surface area contributed by atoms with Gasteiger partial charge in [-0.15, -0.1) is 0 Å². The minimum absolute atomic E-state index is 0.510. The summed E-state index contributed by atoms with van der Waals surface area (Å²) in [6.45, 7) is 0.754. The number of benzene rings is 2. The summed E-state index contributed by atoms with van der Waals surface area (Å²) in [6, 6.07) is 13.4. The normalized spacial score (nSPS) is 11.1. The lowest BCUT2D eigenvalue weighted by atomic mass is 10.1. The molecule has 0 aliphatic rings. The lowest BCUT2D eigenvalue weighted by molar-refractivity contribution is 0.726. The minimum atomic E-state index is 0.510. The highest BCUT2D eigenvalue weighted by atomic mass is 35.5. The van der Waals surface area contributed by atoms with Gasteiger partial charge in [-0.25, -0.2) is 4.98 Å². The first-order valence-corrected chi connectivity index (χ1v) is 7.05. The monoisotopic (exact) mass is 305 g/mol. The van der Waals surface area contributed by atoms with Crippen LogP contribution in [0.2, 0.25) is 10.0 Å². The van der Waals surface area contributed by atoms with Gasteiger partial charge in [0.25, 0.3) is 0 Å². The molecule has 3 nitrogen and oxygen atoms in total. The molecule has 1 heterocycles. The molecule has 0 saturated carbocycles. The predicted molar refractivity (Wildman–Crippen MR) is 84.3 cm³/mol. The van der Waals surface area contributed by atoms with Crippen molar-refractivity contribution in [2.24, 2.45) is 0 Å². The molecular formula is C15H13Cl2N3. The Balaban J connectivity index is 1.88. The van der Waals surface area contributed by atoms with Crippen LogP contribution in [0, 0.1) is 0 Å². The van der Waals surface area contributed by atoms with Crippen LogP contribution in [0.4, 0.5) is 5.95 Å². The number of hydrogen-bond acceptors (Lipinski definition) is 2. The van der Waals surface area contributed by atoms with Gasteiger partial charge < -0.3 is 10.3 Å². The van der Waals surface area contributed by atoms with Crippen molar-refractivity contribution < 1.29 is 0 Å². The largest absolute Gasteiger partial charge is 0.369 e. The van der Waals surface area contributed by atoms with E-state index in [1.807, 2.05) is 47.0 Å². The first-order chi connectivity index (χ1) is 9.63. The van der Waals surface area contributed by atoms with Crippen molar-refractivity contribution in [3.8, 4) is 0 Å². The molecule has 2 aromatic carbocycles. The number of aryl methyl sites for hydroxylation is 2. The van der Waals surface area contributed by atoms with Gasteiger partial charge >= 0.3 is 0 Å². The summed E-state index contributed by atoms with van der Waals surface area (Å²) in [5.41, 5.74) is 9.01. The third kappa shape index (κ3) is 2.60. The molecule has 0 unspecified atom stereocenters. The Morgan fingerprint density at radius 2 is 1.70 bits per heavy atom. The Kier molecular flexibility index (Phi) is 3.55. The van der Waals surface area contributed by atoms with Crippen LogP contribution in [0.25, 0.3) is 11.0 Å². The lowest BCUT2D eigenvalue weighted by Crippen LogP contribution is -2.05. The van der Waals surface area contributed by atoms with Crippen molar-refractivity contribution in [1.82, 2.24) is 9.55 Å². The van der Waals surface area contributed by atoms with E-state index in [0.717, 1.165) is 29.0 Å². The molecule has 0 bridgehead atoms. The quantitative estimate of drug-likeness (QED) is 0.789. The zero-order chi connectivity index (χ0) is 14.1. The predicted octanol–water partition coefficient (Wildman–Crippen LogP) is 4.17. The van der Waals surface area contributed by atoms with Gasteiger partial charge in [-0.05, 0) is 42.3 Å². The molecule has 5 heteroatoms. The molecular weight excluding hydrogens is 293 g/mol. The molecule has 0 radical (unpaired) electrons. The molecule has 0 amide bonds. The van der Waals surface area contributed by atoms with Crippen LogP contribution in [0.15, 0.2) is 42.5 Å². The Labute approximate surface area is 126 Å². The van der Waals surface area contributed by atoms with Gasteiger partial charge in [0.1, 0.15) is 0 Å². The zero-order valence-electron chi connectivity index (χ0n) is 10.7. The number of rotatable bonds is 3. The second-order valence-electron chi connectivity index (χ2n) is 4.63. The molecule has 3 aromatic rings. The molecule has 3 rings (SSSR count). The fourth-order valence-corrected chi connectivity index (χ4v) is 2.53. The number of aromatic nitrogens is 2. The average Bonchev–Trinajstić information content (AvgIpc) is 2.73. The summed E-state index contributed by atoms with van der Waals surface area (Å²) in [5.74, 6) is 0.510. The number of halogens is 2.